The number of amides is 1. The second-order valence-corrected chi connectivity index (χ2v) is 22.3. The number of benzene rings is 3. The first-order valence-corrected chi connectivity index (χ1v) is 25.5. The molecule has 1 spiro atoms. The SMILES string of the molecule is Cc1nc2[nH]cc(F)c2cc1Oc1cc(N2CCC3(CC2)CN([C@H]2CCC[C@H]2c2ccccc2C(C)C)C3)ccc1C(=O)NS(=O)(=O)c1cc2c(c([N+](=O)[O-])c1)N[C@@H](C1CCC(C)(O)CC1)CO2. The van der Waals surface area contributed by atoms with Crippen molar-refractivity contribution in [2.75, 3.05) is 43.0 Å². The number of hydrogen-bond donors (Lipinski definition) is 4. The van der Waals surface area contributed by atoms with Crippen LogP contribution in [0.3, 0.4) is 0 Å². The van der Waals surface area contributed by atoms with Crippen LogP contribution in [0.15, 0.2) is 71.8 Å². The number of aryl methyl sites for hydroxylation is 1. The molecular formula is C51H60FN7O8S. The van der Waals surface area contributed by atoms with E-state index in [0.29, 0.717) is 54.9 Å². The lowest BCUT2D eigenvalue weighted by atomic mass is 9.70. The number of carbonyl (C=O) groups excluding carboxylic acids is 1. The normalized spacial score (nSPS) is 24.8. The highest BCUT2D eigenvalue weighted by atomic mass is 32.2. The molecule has 2 saturated carbocycles. The number of hydrogen-bond acceptors (Lipinski definition) is 12. The second-order valence-electron chi connectivity index (χ2n) is 20.6. The lowest BCUT2D eigenvalue weighted by Crippen LogP contribution is -2.63. The van der Waals surface area contributed by atoms with Gasteiger partial charge in [-0.1, -0.05) is 44.5 Å². The van der Waals surface area contributed by atoms with Gasteiger partial charge in [0, 0.05) is 62.3 Å². The van der Waals surface area contributed by atoms with Crippen LogP contribution in [0.4, 0.5) is 21.5 Å². The van der Waals surface area contributed by atoms with Gasteiger partial charge in [-0.15, -0.1) is 0 Å². The molecule has 1 amide bonds. The Morgan fingerprint density at radius 1 is 1.03 bits per heavy atom. The standard InChI is InChI=1S/C51H60FN7O8S/c1-30(2)35-8-5-6-9-36(35)37-10-7-11-42(37)58-28-51(29-58)18-20-57(21-19-51)33-12-13-38(45(22-33)67-44-25-39-40(52)26-53-48(39)54-31(44)3)49(60)56-68(64,65)34-23-43(59(62)63)47-46(24-34)66-27-41(55-47)32-14-16-50(4,61)17-15-32/h5-6,8-9,12-13,22-26,30,32,37,41-42,55,61H,7,10-11,14-21,27-29H2,1-4H3,(H,53,54)(H,56,60)/t32?,37-,41+,42-,50?/m0/s1. The van der Waals surface area contributed by atoms with Gasteiger partial charge in [-0.25, -0.2) is 22.5 Å². The highest BCUT2D eigenvalue weighted by molar-refractivity contribution is 7.90. The van der Waals surface area contributed by atoms with Crippen molar-refractivity contribution in [3.63, 3.8) is 0 Å². The minimum Gasteiger partial charge on any atom is -0.489 e. The van der Waals surface area contributed by atoms with Crippen molar-refractivity contribution in [2.24, 2.45) is 11.3 Å². The molecule has 4 N–H and O–H groups in total. The molecule has 15 nitrogen and oxygen atoms in total. The summed E-state index contributed by atoms with van der Waals surface area (Å²) in [7, 11) is -4.72. The number of aromatic amines is 1. The van der Waals surface area contributed by atoms with Gasteiger partial charge in [-0.3, -0.25) is 19.8 Å². The highest BCUT2D eigenvalue weighted by Gasteiger charge is 2.49. The van der Waals surface area contributed by atoms with Crippen molar-refractivity contribution in [1.29, 1.82) is 0 Å². The summed E-state index contributed by atoms with van der Waals surface area (Å²) < 4.78 is 57.3. The molecule has 2 aliphatic carbocycles. The van der Waals surface area contributed by atoms with Crippen LogP contribution in [0.2, 0.25) is 0 Å². The van der Waals surface area contributed by atoms with Crippen LogP contribution < -0.4 is 24.4 Å². The third-order valence-corrected chi connectivity index (χ3v) is 16.9. The number of carbonyl (C=O) groups is 1. The fourth-order valence-electron chi connectivity index (χ4n) is 11.7. The highest BCUT2D eigenvalue weighted by Crippen LogP contribution is 2.49. The lowest BCUT2D eigenvalue weighted by Gasteiger charge is -2.57. The first kappa shape index (κ1) is 46.0. The van der Waals surface area contributed by atoms with E-state index in [0.717, 1.165) is 50.8 Å². The largest absolute Gasteiger partial charge is 0.489 e. The predicted octanol–water partition coefficient (Wildman–Crippen LogP) is 9.31. The summed E-state index contributed by atoms with van der Waals surface area (Å²) in [5, 5.41) is 26.3. The molecule has 3 aromatic carbocycles. The molecule has 17 heteroatoms. The molecule has 5 aliphatic rings. The maximum absolute atomic E-state index is 14.8. The smallest absolute Gasteiger partial charge is 0.297 e. The maximum Gasteiger partial charge on any atom is 0.297 e. The van der Waals surface area contributed by atoms with Crippen molar-refractivity contribution in [3.8, 4) is 17.2 Å². The minimum absolute atomic E-state index is 0.0251. The van der Waals surface area contributed by atoms with E-state index >= 15 is 0 Å². The van der Waals surface area contributed by atoms with Crippen LogP contribution in [0.5, 0.6) is 17.2 Å². The van der Waals surface area contributed by atoms with Crippen molar-refractivity contribution in [2.45, 2.75) is 120 Å². The van der Waals surface area contributed by atoms with Crippen LogP contribution >= 0.6 is 0 Å². The van der Waals surface area contributed by atoms with Crippen LogP contribution in [0.25, 0.3) is 11.0 Å². The van der Waals surface area contributed by atoms with E-state index in [4.69, 9.17) is 9.47 Å². The van der Waals surface area contributed by atoms with Gasteiger partial charge in [0.1, 0.15) is 29.6 Å². The zero-order valence-electron chi connectivity index (χ0n) is 39.0. The summed E-state index contributed by atoms with van der Waals surface area (Å²) in [5.74, 6) is -0.278. The van der Waals surface area contributed by atoms with Crippen molar-refractivity contribution in [3.05, 3.63) is 105 Å². The Labute approximate surface area is 396 Å². The Balaban J connectivity index is 0.874. The number of aromatic nitrogens is 2. The Bertz CT molecular complexity index is 2880. The summed E-state index contributed by atoms with van der Waals surface area (Å²) in [4.78, 5) is 37.6. The number of sulfonamides is 1. The number of H-pyrrole nitrogens is 1. The number of nitro benzene ring substituents is 1. The first-order valence-electron chi connectivity index (χ1n) is 24.0. The third-order valence-electron chi connectivity index (χ3n) is 15.6. The van der Waals surface area contributed by atoms with Crippen LogP contribution in [0.1, 0.15) is 118 Å². The monoisotopic (exact) mass is 949 g/mol. The molecule has 5 heterocycles. The number of rotatable bonds is 11. The zero-order chi connectivity index (χ0) is 47.7. The van der Waals surface area contributed by atoms with E-state index < -0.39 is 42.9 Å². The topological polar surface area (TPSA) is 192 Å². The number of aliphatic hydroxyl groups is 1. The number of ether oxygens (including phenoxy) is 2. The molecule has 0 bridgehead atoms. The van der Waals surface area contributed by atoms with Gasteiger partial charge < -0.3 is 29.8 Å². The van der Waals surface area contributed by atoms with E-state index in [-0.39, 0.29) is 57.9 Å². The van der Waals surface area contributed by atoms with Crippen LogP contribution in [-0.4, -0.2) is 89.7 Å². The number of halogens is 1. The van der Waals surface area contributed by atoms with Crippen molar-refractivity contribution < 1.29 is 37.1 Å². The van der Waals surface area contributed by atoms with E-state index in [9.17, 15) is 32.8 Å². The number of nitro groups is 1. The van der Waals surface area contributed by atoms with Gasteiger partial charge in [-0.2, -0.15) is 0 Å². The molecule has 4 fully saturated rings. The summed E-state index contributed by atoms with van der Waals surface area (Å²) in [6, 6.07) is 17.8. The number of anilines is 2. The molecule has 3 aliphatic heterocycles. The van der Waals surface area contributed by atoms with Crippen LogP contribution in [-0.2, 0) is 10.0 Å². The van der Waals surface area contributed by atoms with Crippen molar-refractivity contribution in [1.82, 2.24) is 19.6 Å². The maximum atomic E-state index is 14.8. The molecule has 3 atom stereocenters. The van der Waals surface area contributed by atoms with Gasteiger partial charge in [0.05, 0.1) is 38.1 Å². The van der Waals surface area contributed by atoms with Crippen molar-refractivity contribution >= 4 is 44.0 Å². The van der Waals surface area contributed by atoms with Gasteiger partial charge in [-0.05, 0) is 118 Å². The Morgan fingerprint density at radius 2 is 1.78 bits per heavy atom. The minimum atomic E-state index is -4.72. The Kier molecular flexibility index (Phi) is 11.9. The fraction of sp³-hybridized carbons (Fsp3) is 0.490. The number of likely N-dealkylation sites (tertiary alicyclic amines) is 1. The van der Waals surface area contributed by atoms with E-state index in [1.54, 1.807) is 26.0 Å². The Morgan fingerprint density at radius 3 is 2.51 bits per heavy atom. The predicted molar refractivity (Wildman–Crippen MR) is 257 cm³/mol. The lowest BCUT2D eigenvalue weighted by molar-refractivity contribution is -0.384. The van der Waals surface area contributed by atoms with Gasteiger partial charge in [0.2, 0.25) is 0 Å². The summed E-state index contributed by atoms with van der Waals surface area (Å²) in [6.07, 6.45) is 9.42. The first-order chi connectivity index (χ1) is 32.5. The quantitative estimate of drug-likeness (QED) is 0.0726. The average Bonchev–Trinajstić information content (AvgIpc) is 3.93. The molecule has 68 heavy (non-hydrogen) atoms. The molecule has 5 aromatic rings. The number of piperidine rings is 1. The summed E-state index contributed by atoms with van der Waals surface area (Å²) >= 11 is 0. The van der Waals surface area contributed by atoms with E-state index in [1.807, 2.05) is 0 Å². The second kappa shape index (κ2) is 17.6. The Hall–Kier alpha value is -5.78. The van der Waals surface area contributed by atoms with E-state index in [1.165, 1.54) is 54.8 Å². The van der Waals surface area contributed by atoms with Gasteiger partial charge >= 0.3 is 0 Å². The number of pyridine rings is 1. The fourth-order valence-corrected chi connectivity index (χ4v) is 12.7. The number of fused-ring (bicyclic) bond motifs is 2. The number of nitrogens with one attached hydrogen (secondary N) is 3. The average molecular weight is 950 g/mol. The molecule has 0 radical (unpaired) electrons. The summed E-state index contributed by atoms with van der Waals surface area (Å²) in [5.41, 5.74) is 3.35. The zero-order valence-corrected chi connectivity index (χ0v) is 39.8. The van der Waals surface area contributed by atoms with E-state index in [2.05, 4.69) is 67.9 Å². The number of nitrogens with zero attached hydrogens (tertiary/aromatic N) is 4. The molecule has 2 saturated heterocycles. The van der Waals surface area contributed by atoms with Gasteiger partial charge in [0.15, 0.2) is 11.4 Å². The molecule has 0 unspecified atom stereocenters. The third kappa shape index (κ3) is 8.77. The van der Waals surface area contributed by atoms with Crippen LogP contribution in [0, 0.1) is 34.2 Å². The van der Waals surface area contributed by atoms with Gasteiger partial charge in [0.25, 0.3) is 21.6 Å². The molecule has 360 valence electrons. The summed E-state index contributed by atoms with van der Waals surface area (Å²) in [6.45, 7) is 11.9. The molecule has 10 rings (SSSR count). The molecule has 2 aromatic heterocycles. The molecular weight excluding hydrogens is 890 g/mol.